The zero-order valence-corrected chi connectivity index (χ0v) is 14.5. The summed E-state index contributed by atoms with van der Waals surface area (Å²) >= 11 is 0. The molecule has 126 valence electrons. The second-order valence-electron chi connectivity index (χ2n) is 6.09. The van der Waals surface area contributed by atoms with Crippen LogP contribution in [0.3, 0.4) is 0 Å². The zero-order chi connectivity index (χ0) is 15.4. The van der Waals surface area contributed by atoms with Gasteiger partial charge < -0.3 is 5.32 Å². The van der Waals surface area contributed by atoms with Gasteiger partial charge in [0.25, 0.3) is 0 Å². The van der Waals surface area contributed by atoms with Crippen molar-refractivity contribution in [2.24, 2.45) is 5.92 Å². The molecule has 2 nitrogen and oxygen atoms in total. The summed E-state index contributed by atoms with van der Waals surface area (Å²) in [6.07, 6.45) is 2.00. The Morgan fingerprint density at radius 3 is 2.45 bits per heavy atom. The second kappa shape index (κ2) is 8.80. The van der Waals surface area contributed by atoms with Gasteiger partial charge >= 0.3 is 0 Å². The summed E-state index contributed by atoms with van der Waals surface area (Å²) in [7, 11) is 0. The first kappa shape index (κ1) is 19.3. The Labute approximate surface area is 138 Å². The lowest BCUT2D eigenvalue weighted by atomic mass is 9.87. The average molecular weight is 333 g/mol. The van der Waals surface area contributed by atoms with Gasteiger partial charge in [0.05, 0.1) is 0 Å². The van der Waals surface area contributed by atoms with E-state index in [1.165, 1.54) is 12.1 Å². The zero-order valence-electron chi connectivity index (χ0n) is 13.7. The van der Waals surface area contributed by atoms with E-state index < -0.39 is 5.82 Å². The van der Waals surface area contributed by atoms with E-state index >= 15 is 0 Å². The molecule has 5 heteroatoms. The van der Waals surface area contributed by atoms with E-state index in [2.05, 4.69) is 24.1 Å². The van der Waals surface area contributed by atoms with E-state index in [9.17, 15) is 8.78 Å². The molecule has 1 aromatic carbocycles. The summed E-state index contributed by atoms with van der Waals surface area (Å²) < 4.78 is 28.9. The molecule has 2 rings (SSSR count). The molecule has 0 bridgehead atoms. The molecule has 2 atom stereocenters. The third-order valence-corrected chi connectivity index (χ3v) is 4.44. The summed E-state index contributed by atoms with van der Waals surface area (Å²) in [6, 6.07) is 2.75. The standard InChI is InChI=1S/C17H26F2N2.ClH/c1-4-5-13(3)17(21-10-8-20-9-11-21)15-14(18)7-6-12(2)16(15)19;/h6-7,13,17,20H,4-5,8-11H2,1-3H3;1H/t13?,17-;/m0./s1. The van der Waals surface area contributed by atoms with Crippen LogP contribution in [0.15, 0.2) is 12.1 Å². The monoisotopic (exact) mass is 332 g/mol. The van der Waals surface area contributed by atoms with Crippen LogP contribution >= 0.6 is 12.4 Å². The van der Waals surface area contributed by atoms with E-state index in [1.54, 1.807) is 6.92 Å². The maximum Gasteiger partial charge on any atom is 0.133 e. The maximum absolute atomic E-state index is 14.6. The molecule has 1 fully saturated rings. The number of benzene rings is 1. The lowest BCUT2D eigenvalue weighted by molar-refractivity contribution is 0.119. The molecule has 1 aromatic rings. The highest BCUT2D eigenvalue weighted by Crippen LogP contribution is 2.35. The van der Waals surface area contributed by atoms with Gasteiger partial charge in [-0.25, -0.2) is 8.78 Å². The predicted molar refractivity (Wildman–Crippen MR) is 89.6 cm³/mol. The van der Waals surface area contributed by atoms with Crippen molar-refractivity contribution in [1.82, 2.24) is 10.2 Å². The fourth-order valence-electron chi connectivity index (χ4n) is 3.35. The van der Waals surface area contributed by atoms with Crippen molar-refractivity contribution in [2.45, 2.75) is 39.7 Å². The minimum atomic E-state index is -0.412. The van der Waals surface area contributed by atoms with Gasteiger partial charge in [-0.05, 0) is 30.9 Å². The lowest BCUT2D eigenvalue weighted by Gasteiger charge is -2.39. The van der Waals surface area contributed by atoms with Crippen LogP contribution < -0.4 is 5.32 Å². The fourth-order valence-corrected chi connectivity index (χ4v) is 3.35. The van der Waals surface area contributed by atoms with Crippen LogP contribution in [0.4, 0.5) is 8.78 Å². The van der Waals surface area contributed by atoms with Crippen LogP contribution in [0.1, 0.15) is 43.9 Å². The van der Waals surface area contributed by atoms with Crippen LogP contribution in [0.5, 0.6) is 0 Å². The van der Waals surface area contributed by atoms with E-state index in [1.807, 2.05) is 0 Å². The van der Waals surface area contributed by atoms with Gasteiger partial charge in [-0.1, -0.05) is 26.3 Å². The van der Waals surface area contributed by atoms with Gasteiger partial charge in [0.1, 0.15) is 11.6 Å². The first-order chi connectivity index (χ1) is 10.1. The molecule has 22 heavy (non-hydrogen) atoms. The number of piperazine rings is 1. The summed E-state index contributed by atoms with van der Waals surface area (Å²) in [5, 5.41) is 3.30. The smallest absolute Gasteiger partial charge is 0.133 e. The van der Waals surface area contributed by atoms with Crippen molar-refractivity contribution in [3.8, 4) is 0 Å². The molecular weight excluding hydrogens is 306 g/mol. The molecule has 0 saturated carbocycles. The van der Waals surface area contributed by atoms with Gasteiger partial charge in [-0.3, -0.25) is 4.90 Å². The number of halogens is 3. The minimum Gasteiger partial charge on any atom is -0.314 e. The molecule has 1 N–H and O–H groups in total. The molecule has 1 aliphatic heterocycles. The first-order valence-electron chi connectivity index (χ1n) is 7.95. The van der Waals surface area contributed by atoms with Gasteiger partial charge in [0, 0.05) is 37.8 Å². The van der Waals surface area contributed by atoms with Gasteiger partial charge in [0.15, 0.2) is 0 Å². The summed E-state index contributed by atoms with van der Waals surface area (Å²) in [5.41, 5.74) is 0.785. The number of nitrogens with zero attached hydrogens (tertiary/aromatic N) is 1. The number of aryl methyl sites for hydroxylation is 1. The van der Waals surface area contributed by atoms with Crippen LogP contribution in [0.2, 0.25) is 0 Å². The average Bonchev–Trinajstić information content (AvgIpc) is 2.48. The third kappa shape index (κ3) is 4.18. The first-order valence-corrected chi connectivity index (χ1v) is 7.95. The Bertz CT molecular complexity index is 476. The van der Waals surface area contributed by atoms with Crippen LogP contribution in [0, 0.1) is 24.5 Å². The predicted octanol–water partition coefficient (Wildman–Crippen LogP) is 4.08. The Balaban J connectivity index is 0.00000242. The highest BCUT2D eigenvalue weighted by atomic mass is 35.5. The van der Waals surface area contributed by atoms with E-state index in [0.29, 0.717) is 5.56 Å². The molecule has 0 aromatic heterocycles. The molecule has 0 amide bonds. The van der Waals surface area contributed by atoms with Crippen molar-refractivity contribution in [2.75, 3.05) is 26.2 Å². The van der Waals surface area contributed by atoms with Crippen molar-refractivity contribution in [1.29, 1.82) is 0 Å². The van der Waals surface area contributed by atoms with Crippen LogP contribution in [-0.4, -0.2) is 31.1 Å². The number of nitrogens with one attached hydrogen (secondary N) is 1. The normalized spacial score (nSPS) is 18.6. The van der Waals surface area contributed by atoms with Crippen LogP contribution in [-0.2, 0) is 0 Å². The van der Waals surface area contributed by atoms with Gasteiger partial charge in [-0.2, -0.15) is 0 Å². The SMILES string of the molecule is CCCC(C)[C@@H](c1c(F)ccc(C)c1F)N1CCNCC1.Cl. The van der Waals surface area contributed by atoms with Crippen molar-refractivity contribution >= 4 is 12.4 Å². The molecule has 1 aliphatic rings. The Morgan fingerprint density at radius 1 is 1.23 bits per heavy atom. The third-order valence-electron chi connectivity index (χ3n) is 4.44. The molecule has 0 aliphatic carbocycles. The molecular formula is C17H27ClF2N2. The Kier molecular flexibility index (Phi) is 7.74. The van der Waals surface area contributed by atoms with Gasteiger partial charge in [-0.15, -0.1) is 12.4 Å². The van der Waals surface area contributed by atoms with E-state index in [-0.39, 0.29) is 35.7 Å². The fraction of sp³-hybridized carbons (Fsp3) is 0.647. The second-order valence-corrected chi connectivity index (χ2v) is 6.09. The molecule has 1 saturated heterocycles. The number of rotatable bonds is 5. The largest absolute Gasteiger partial charge is 0.314 e. The van der Waals surface area contributed by atoms with Crippen LogP contribution in [0.25, 0.3) is 0 Å². The quantitative estimate of drug-likeness (QED) is 0.874. The topological polar surface area (TPSA) is 15.3 Å². The number of hydrogen-bond donors (Lipinski definition) is 1. The molecule has 0 spiro atoms. The molecule has 1 heterocycles. The molecule has 1 unspecified atom stereocenters. The van der Waals surface area contributed by atoms with Crippen molar-refractivity contribution in [3.05, 3.63) is 34.9 Å². The Hall–Kier alpha value is -0.710. The number of hydrogen-bond acceptors (Lipinski definition) is 2. The summed E-state index contributed by atoms with van der Waals surface area (Å²) in [6.45, 7) is 9.37. The Morgan fingerprint density at radius 2 is 1.86 bits per heavy atom. The van der Waals surface area contributed by atoms with Gasteiger partial charge in [0.2, 0.25) is 0 Å². The minimum absolute atomic E-state index is 0. The van der Waals surface area contributed by atoms with E-state index in [4.69, 9.17) is 0 Å². The summed E-state index contributed by atoms with van der Waals surface area (Å²) in [4.78, 5) is 2.23. The highest BCUT2D eigenvalue weighted by Gasteiger charge is 2.31. The highest BCUT2D eigenvalue weighted by molar-refractivity contribution is 5.85. The summed E-state index contributed by atoms with van der Waals surface area (Å²) in [5.74, 6) is -0.551. The molecule has 0 radical (unpaired) electrons. The van der Waals surface area contributed by atoms with Crippen molar-refractivity contribution in [3.63, 3.8) is 0 Å². The lowest BCUT2D eigenvalue weighted by Crippen LogP contribution is -2.47. The van der Waals surface area contributed by atoms with E-state index in [0.717, 1.165) is 39.0 Å². The van der Waals surface area contributed by atoms with Crippen molar-refractivity contribution < 1.29 is 8.78 Å². The maximum atomic E-state index is 14.6.